The quantitative estimate of drug-likeness (QED) is 0.750. The number of alkyl halides is 3. The number of benzene rings is 1. The highest BCUT2D eigenvalue weighted by Crippen LogP contribution is 2.31. The number of carbonyl (C=O) groups is 1. The zero-order valence-corrected chi connectivity index (χ0v) is 15.2. The van der Waals surface area contributed by atoms with Crippen LogP contribution in [0.2, 0.25) is 0 Å². The molecule has 130 valence electrons. The van der Waals surface area contributed by atoms with Crippen molar-refractivity contribution in [2.75, 3.05) is 11.1 Å². The van der Waals surface area contributed by atoms with Crippen molar-refractivity contribution in [2.24, 2.45) is 0 Å². The van der Waals surface area contributed by atoms with Gasteiger partial charge in [0.05, 0.1) is 15.1 Å². The molecule has 0 radical (unpaired) electrons. The van der Waals surface area contributed by atoms with Gasteiger partial charge in [-0.3, -0.25) is 4.79 Å². The van der Waals surface area contributed by atoms with E-state index in [9.17, 15) is 26.4 Å². The molecule has 4 nitrogen and oxygen atoms in total. The summed E-state index contributed by atoms with van der Waals surface area (Å²) in [5.74, 6) is -1.10. The fourth-order valence-corrected chi connectivity index (χ4v) is 5.19. The van der Waals surface area contributed by atoms with E-state index in [1.54, 1.807) is 6.07 Å². The molecular weight excluding hydrogens is 431 g/mol. The van der Waals surface area contributed by atoms with Crippen molar-refractivity contribution in [1.29, 1.82) is 0 Å². The first-order valence-corrected chi connectivity index (χ1v) is 9.79. The lowest BCUT2D eigenvalue weighted by Crippen LogP contribution is -2.17. The summed E-state index contributed by atoms with van der Waals surface area (Å²) < 4.78 is 62.7. The fraction of sp³-hybridized carbons (Fsp3) is 0.214. The zero-order chi connectivity index (χ0) is 18.0. The summed E-state index contributed by atoms with van der Waals surface area (Å²) in [6.07, 6.45) is -4.87. The zero-order valence-electron chi connectivity index (χ0n) is 11.9. The van der Waals surface area contributed by atoms with Gasteiger partial charge in [-0.25, -0.2) is 8.42 Å². The summed E-state index contributed by atoms with van der Waals surface area (Å²) in [7, 11) is -3.61. The Balaban J connectivity index is 1.99. The van der Waals surface area contributed by atoms with Gasteiger partial charge in [0.25, 0.3) is 0 Å². The van der Waals surface area contributed by atoms with Crippen LogP contribution in [0.4, 0.5) is 18.9 Å². The Morgan fingerprint density at radius 3 is 2.50 bits per heavy atom. The highest BCUT2D eigenvalue weighted by molar-refractivity contribution is 9.11. The van der Waals surface area contributed by atoms with Crippen LogP contribution in [0.25, 0.3) is 0 Å². The number of sulfone groups is 1. The van der Waals surface area contributed by atoms with Gasteiger partial charge in [0.15, 0.2) is 9.84 Å². The smallest absolute Gasteiger partial charge is 0.326 e. The molecule has 0 unspecified atom stereocenters. The summed E-state index contributed by atoms with van der Waals surface area (Å²) in [5.41, 5.74) is -0.928. The molecule has 2 aromatic rings. The second kappa shape index (κ2) is 7.24. The third kappa shape index (κ3) is 5.05. The maximum Gasteiger partial charge on any atom is 0.416 e. The third-order valence-corrected chi connectivity index (χ3v) is 6.85. The van der Waals surface area contributed by atoms with Crippen molar-refractivity contribution in [2.45, 2.75) is 16.8 Å². The fourth-order valence-electron chi connectivity index (χ4n) is 1.79. The Morgan fingerprint density at radius 1 is 1.21 bits per heavy atom. The molecule has 1 N–H and O–H groups in total. The van der Waals surface area contributed by atoms with E-state index in [1.165, 1.54) is 18.2 Å². The van der Waals surface area contributed by atoms with Crippen LogP contribution >= 0.6 is 27.3 Å². The minimum Gasteiger partial charge on any atom is -0.326 e. The van der Waals surface area contributed by atoms with Gasteiger partial charge in [-0.1, -0.05) is 6.07 Å². The van der Waals surface area contributed by atoms with E-state index in [0.29, 0.717) is 3.79 Å². The first-order valence-electron chi connectivity index (χ1n) is 6.53. The molecule has 0 aliphatic heterocycles. The number of thiophene rings is 1. The van der Waals surface area contributed by atoms with E-state index in [0.717, 1.165) is 23.5 Å². The minimum atomic E-state index is -4.52. The summed E-state index contributed by atoms with van der Waals surface area (Å²) >= 11 is 4.18. The van der Waals surface area contributed by atoms with E-state index in [1.807, 2.05) is 0 Å². The number of rotatable bonds is 5. The monoisotopic (exact) mass is 441 g/mol. The number of carbonyl (C=O) groups excluding carboxylic acids is 1. The van der Waals surface area contributed by atoms with Crippen molar-refractivity contribution in [1.82, 2.24) is 0 Å². The number of hydrogen-bond donors (Lipinski definition) is 1. The Labute approximate surface area is 148 Å². The number of amides is 1. The predicted octanol–water partition coefficient (Wildman–Crippen LogP) is 4.33. The summed E-state index contributed by atoms with van der Waals surface area (Å²) in [6, 6.07) is 7.16. The number of halogens is 4. The molecule has 10 heteroatoms. The first kappa shape index (κ1) is 18.9. The maximum atomic E-state index is 12.6. The van der Waals surface area contributed by atoms with Crippen molar-refractivity contribution in [3.63, 3.8) is 0 Å². The van der Waals surface area contributed by atoms with E-state index in [4.69, 9.17) is 0 Å². The Hall–Kier alpha value is -1.39. The molecule has 0 saturated heterocycles. The number of hydrogen-bond acceptors (Lipinski definition) is 4. The standard InChI is InChI=1S/C14H11BrF3NO3S2/c15-11-4-5-13(23-11)24(21,22)7-6-12(20)19-10-3-1-2-9(8-10)14(16,17)18/h1-5,8H,6-7H2,(H,19,20). The van der Waals surface area contributed by atoms with E-state index >= 15 is 0 Å². The molecule has 0 atom stereocenters. The molecule has 0 aliphatic rings. The average Bonchev–Trinajstić information content (AvgIpc) is 2.92. The molecule has 1 amide bonds. The van der Waals surface area contributed by atoms with Crippen LogP contribution in [-0.4, -0.2) is 20.1 Å². The second-order valence-electron chi connectivity index (χ2n) is 4.75. The maximum absolute atomic E-state index is 12.6. The van der Waals surface area contributed by atoms with Gasteiger partial charge >= 0.3 is 6.18 Å². The normalized spacial score (nSPS) is 12.2. The van der Waals surface area contributed by atoms with Gasteiger partial charge in [-0.05, 0) is 46.3 Å². The van der Waals surface area contributed by atoms with Gasteiger partial charge in [0.1, 0.15) is 4.21 Å². The van der Waals surface area contributed by atoms with Gasteiger partial charge in [0.2, 0.25) is 5.91 Å². The summed E-state index contributed by atoms with van der Waals surface area (Å²) in [6.45, 7) is 0. The SMILES string of the molecule is O=C(CCS(=O)(=O)c1ccc(Br)s1)Nc1cccc(C(F)(F)F)c1. The topological polar surface area (TPSA) is 63.2 Å². The van der Waals surface area contributed by atoms with E-state index < -0.39 is 33.2 Å². The van der Waals surface area contributed by atoms with Crippen LogP contribution in [0.5, 0.6) is 0 Å². The van der Waals surface area contributed by atoms with Gasteiger partial charge in [-0.2, -0.15) is 13.2 Å². The van der Waals surface area contributed by atoms with Gasteiger partial charge in [-0.15, -0.1) is 11.3 Å². The third-order valence-electron chi connectivity index (χ3n) is 2.93. The largest absolute Gasteiger partial charge is 0.416 e. The average molecular weight is 442 g/mol. The van der Waals surface area contributed by atoms with Crippen molar-refractivity contribution in [3.8, 4) is 0 Å². The molecule has 0 saturated carbocycles. The lowest BCUT2D eigenvalue weighted by Gasteiger charge is -2.10. The van der Waals surface area contributed by atoms with E-state index in [2.05, 4.69) is 21.2 Å². The van der Waals surface area contributed by atoms with Crippen LogP contribution in [0.1, 0.15) is 12.0 Å². The molecular formula is C14H11BrF3NO3S2. The minimum absolute atomic E-state index is 0.0360. The van der Waals surface area contributed by atoms with Crippen LogP contribution in [0.15, 0.2) is 44.4 Å². The molecule has 1 aromatic heterocycles. The molecule has 1 heterocycles. The van der Waals surface area contributed by atoms with Crippen molar-refractivity contribution < 1.29 is 26.4 Å². The van der Waals surface area contributed by atoms with E-state index in [-0.39, 0.29) is 16.3 Å². The van der Waals surface area contributed by atoms with Gasteiger partial charge < -0.3 is 5.32 Å². The molecule has 0 aliphatic carbocycles. The molecule has 1 aromatic carbocycles. The molecule has 0 bridgehead atoms. The number of nitrogens with one attached hydrogen (secondary N) is 1. The van der Waals surface area contributed by atoms with Crippen LogP contribution < -0.4 is 5.32 Å². The first-order chi connectivity index (χ1) is 11.1. The van der Waals surface area contributed by atoms with Gasteiger partial charge in [0, 0.05) is 12.1 Å². The highest BCUT2D eigenvalue weighted by atomic mass is 79.9. The van der Waals surface area contributed by atoms with Crippen molar-refractivity contribution in [3.05, 3.63) is 45.7 Å². The number of anilines is 1. The molecule has 0 spiro atoms. The lowest BCUT2D eigenvalue weighted by atomic mass is 10.2. The lowest BCUT2D eigenvalue weighted by molar-refractivity contribution is -0.137. The Kier molecular flexibility index (Phi) is 5.71. The molecule has 2 rings (SSSR count). The van der Waals surface area contributed by atoms with Crippen molar-refractivity contribution >= 4 is 48.7 Å². The molecule has 0 fully saturated rings. The summed E-state index contributed by atoms with van der Waals surface area (Å²) in [4.78, 5) is 11.8. The Morgan fingerprint density at radius 2 is 1.92 bits per heavy atom. The summed E-state index contributed by atoms with van der Waals surface area (Å²) in [5, 5.41) is 2.27. The van der Waals surface area contributed by atoms with Crippen LogP contribution in [0, 0.1) is 0 Å². The van der Waals surface area contributed by atoms with Crippen LogP contribution in [-0.2, 0) is 20.8 Å². The predicted molar refractivity (Wildman–Crippen MR) is 88.8 cm³/mol. The highest BCUT2D eigenvalue weighted by Gasteiger charge is 2.30. The second-order valence-corrected chi connectivity index (χ2v) is 9.55. The van der Waals surface area contributed by atoms with Crippen LogP contribution in [0.3, 0.4) is 0 Å². The molecule has 24 heavy (non-hydrogen) atoms. The Bertz CT molecular complexity index is 847.